The molecule has 1 aliphatic heterocycles. The number of thiophene rings is 1. The van der Waals surface area contributed by atoms with Crippen LogP contribution in [0.1, 0.15) is 5.82 Å². The fourth-order valence-electron chi connectivity index (χ4n) is 4.02. The van der Waals surface area contributed by atoms with Crippen LogP contribution < -0.4 is 0 Å². The smallest absolute Gasteiger partial charge is 0.205 e. The zero-order valence-corrected chi connectivity index (χ0v) is 19.7. The van der Waals surface area contributed by atoms with Gasteiger partial charge in [0.05, 0.1) is 25.1 Å². The summed E-state index contributed by atoms with van der Waals surface area (Å²) in [6.07, 6.45) is 0. The molecule has 6 rings (SSSR count). The Morgan fingerprint density at radius 2 is 1.79 bits per heavy atom. The maximum absolute atomic E-state index is 6.17. The van der Waals surface area contributed by atoms with Gasteiger partial charge in [-0.2, -0.15) is 0 Å². The maximum Gasteiger partial charge on any atom is 0.205 e. The van der Waals surface area contributed by atoms with Crippen LogP contribution in [0.25, 0.3) is 38.5 Å². The highest BCUT2D eigenvalue weighted by molar-refractivity contribution is 7.17. The van der Waals surface area contributed by atoms with Crippen molar-refractivity contribution in [1.82, 2.24) is 35.1 Å². The first-order valence-electron chi connectivity index (χ1n) is 10.9. The number of halogens is 1. The van der Waals surface area contributed by atoms with Gasteiger partial charge in [-0.25, -0.2) is 9.97 Å². The molecule has 0 radical (unpaired) electrons. The molecule has 0 atom stereocenters. The van der Waals surface area contributed by atoms with Crippen LogP contribution in [-0.2, 0) is 11.3 Å². The molecule has 34 heavy (non-hydrogen) atoms. The van der Waals surface area contributed by atoms with Gasteiger partial charge in [0.25, 0.3) is 0 Å². The Balaban J connectivity index is 1.48. The van der Waals surface area contributed by atoms with E-state index in [9.17, 15) is 0 Å². The highest BCUT2D eigenvalue weighted by atomic mass is 35.5. The summed E-state index contributed by atoms with van der Waals surface area (Å²) in [6.45, 7) is 3.80. The molecule has 170 valence electrons. The van der Waals surface area contributed by atoms with E-state index in [0.29, 0.717) is 23.2 Å². The van der Waals surface area contributed by atoms with Gasteiger partial charge < -0.3 is 4.74 Å². The molecule has 0 bridgehead atoms. The van der Waals surface area contributed by atoms with Crippen molar-refractivity contribution in [3.05, 3.63) is 70.8 Å². The molecule has 0 aliphatic carbocycles. The average Bonchev–Trinajstić information content (AvgIpc) is 3.53. The lowest BCUT2D eigenvalue weighted by Crippen LogP contribution is -2.36. The lowest BCUT2D eigenvalue weighted by molar-refractivity contribution is 0.0331. The van der Waals surface area contributed by atoms with Gasteiger partial charge >= 0.3 is 0 Å². The van der Waals surface area contributed by atoms with Crippen LogP contribution in [0, 0.1) is 0 Å². The quantitative estimate of drug-likeness (QED) is 0.360. The summed E-state index contributed by atoms with van der Waals surface area (Å²) >= 11 is 7.77. The molecule has 2 aromatic carbocycles. The fraction of sp³-hybridized carbons (Fsp3) is 0.208. The Hall–Kier alpha value is -3.24. The SMILES string of the molecule is Clc1cccc(-c2nnn(-c3nc(CN4CCOCC4)nc4scc(-c5ccccc5)c34)n2)c1. The summed E-state index contributed by atoms with van der Waals surface area (Å²) < 4.78 is 5.48. The monoisotopic (exact) mass is 489 g/mol. The summed E-state index contributed by atoms with van der Waals surface area (Å²) in [5.74, 6) is 1.84. The first-order valence-corrected chi connectivity index (χ1v) is 12.2. The molecule has 4 heterocycles. The van der Waals surface area contributed by atoms with Crippen LogP contribution >= 0.6 is 22.9 Å². The number of nitrogens with zero attached hydrogens (tertiary/aromatic N) is 7. The number of fused-ring (bicyclic) bond motifs is 1. The molecule has 5 aromatic rings. The topological polar surface area (TPSA) is 81.9 Å². The molecular weight excluding hydrogens is 470 g/mol. The van der Waals surface area contributed by atoms with Crippen molar-refractivity contribution in [2.45, 2.75) is 6.54 Å². The van der Waals surface area contributed by atoms with Gasteiger partial charge in [0.1, 0.15) is 10.7 Å². The molecule has 1 saturated heterocycles. The van der Waals surface area contributed by atoms with Crippen LogP contribution in [0.5, 0.6) is 0 Å². The van der Waals surface area contributed by atoms with E-state index in [1.165, 1.54) is 4.80 Å². The van der Waals surface area contributed by atoms with Crippen LogP contribution in [0.4, 0.5) is 0 Å². The molecule has 10 heteroatoms. The standard InChI is InChI=1S/C24H20ClN7OS/c25-18-8-4-7-17(13-18)22-28-30-32(29-22)23-21-19(16-5-2-1-3-6-16)15-34-24(21)27-20(26-23)14-31-9-11-33-12-10-31/h1-8,13,15H,9-12,14H2. The Kier molecular flexibility index (Phi) is 5.76. The lowest BCUT2D eigenvalue weighted by atomic mass is 10.1. The van der Waals surface area contributed by atoms with E-state index in [0.717, 1.165) is 59.0 Å². The lowest BCUT2D eigenvalue weighted by Gasteiger charge is -2.25. The first-order chi connectivity index (χ1) is 16.7. The van der Waals surface area contributed by atoms with E-state index in [-0.39, 0.29) is 0 Å². The van der Waals surface area contributed by atoms with Gasteiger partial charge in [0.15, 0.2) is 5.82 Å². The highest BCUT2D eigenvalue weighted by Gasteiger charge is 2.21. The molecule has 1 fully saturated rings. The van der Waals surface area contributed by atoms with Gasteiger partial charge in [-0.3, -0.25) is 4.90 Å². The zero-order valence-electron chi connectivity index (χ0n) is 18.1. The van der Waals surface area contributed by atoms with E-state index in [2.05, 4.69) is 37.8 Å². The van der Waals surface area contributed by atoms with Crippen LogP contribution in [0.2, 0.25) is 5.02 Å². The minimum atomic E-state index is 0.487. The number of benzene rings is 2. The van der Waals surface area contributed by atoms with Crippen molar-refractivity contribution in [1.29, 1.82) is 0 Å². The van der Waals surface area contributed by atoms with E-state index < -0.39 is 0 Å². The molecule has 0 N–H and O–H groups in total. The third kappa shape index (κ3) is 4.19. The normalized spacial score (nSPS) is 14.6. The molecule has 0 spiro atoms. The second kappa shape index (κ2) is 9.19. The molecule has 3 aromatic heterocycles. The molecular formula is C24H20ClN7OS. The van der Waals surface area contributed by atoms with E-state index in [1.54, 1.807) is 11.3 Å². The van der Waals surface area contributed by atoms with Crippen LogP contribution in [0.3, 0.4) is 0 Å². The summed E-state index contributed by atoms with van der Waals surface area (Å²) in [6, 6.07) is 17.6. The predicted molar refractivity (Wildman–Crippen MR) is 132 cm³/mol. The summed E-state index contributed by atoms with van der Waals surface area (Å²) in [7, 11) is 0. The number of tetrazole rings is 1. The number of hydrogen-bond donors (Lipinski definition) is 0. The van der Waals surface area contributed by atoms with Gasteiger partial charge in [-0.05, 0) is 22.9 Å². The molecule has 0 amide bonds. The number of ether oxygens (including phenoxy) is 1. The van der Waals surface area contributed by atoms with Gasteiger partial charge in [-0.15, -0.1) is 26.3 Å². The Bertz CT molecular complexity index is 1450. The highest BCUT2D eigenvalue weighted by Crippen LogP contribution is 2.36. The van der Waals surface area contributed by atoms with Crippen molar-refractivity contribution >= 4 is 33.2 Å². The van der Waals surface area contributed by atoms with Gasteiger partial charge in [0.2, 0.25) is 5.82 Å². The van der Waals surface area contributed by atoms with Crippen molar-refractivity contribution in [3.63, 3.8) is 0 Å². The van der Waals surface area contributed by atoms with Gasteiger partial charge in [0, 0.05) is 34.6 Å². The largest absolute Gasteiger partial charge is 0.379 e. The minimum absolute atomic E-state index is 0.487. The molecule has 1 aliphatic rings. The summed E-state index contributed by atoms with van der Waals surface area (Å²) in [5, 5.41) is 17.0. The van der Waals surface area contributed by atoms with Crippen LogP contribution in [0.15, 0.2) is 60.0 Å². The number of morpholine rings is 1. The summed E-state index contributed by atoms with van der Waals surface area (Å²) in [5.41, 5.74) is 2.94. The molecule has 8 nitrogen and oxygen atoms in total. The Morgan fingerprint density at radius 1 is 0.971 bits per heavy atom. The van der Waals surface area contributed by atoms with Crippen molar-refractivity contribution < 1.29 is 4.74 Å². The molecule has 0 unspecified atom stereocenters. The fourth-order valence-corrected chi connectivity index (χ4v) is 5.17. The van der Waals surface area contributed by atoms with Crippen molar-refractivity contribution in [3.8, 4) is 28.3 Å². The second-order valence-electron chi connectivity index (χ2n) is 7.96. The van der Waals surface area contributed by atoms with E-state index >= 15 is 0 Å². The minimum Gasteiger partial charge on any atom is -0.379 e. The molecule has 0 saturated carbocycles. The number of rotatable bonds is 5. The van der Waals surface area contributed by atoms with Crippen LogP contribution in [-0.4, -0.2) is 61.4 Å². The maximum atomic E-state index is 6.17. The van der Waals surface area contributed by atoms with Crippen molar-refractivity contribution in [2.24, 2.45) is 0 Å². The van der Waals surface area contributed by atoms with E-state index in [1.807, 2.05) is 42.5 Å². The Labute approximate surface area is 204 Å². The number of hydrogen-bond acceptors (Lipinski definition) is 8. The Morgan fingerprint density at radius 3 is 2.62 bits per heavy atom. The second-order valence-corrected chi connectivity index (χ2v) is 9.25. The van der Waals surface area contributed by atoms with Gasteiger partial charge in [-0.1, -0.05) is 54.1 Å². The van der Waals surface area contributed by atoms with Crippen molar-refractivity contribution in [2.75, 3.05) is 26.3 Å². The third-order valence-electron chi connectivity index (χ3n) is 5.70. The first kappa shape index (κ1) is 21.3. The third-order valence-corrected chi connectivity index (χ3v) is 6.81. The summed E-state index contributed by atoms with van der Waals surface area (Å²) in [4.78, 5) is 14.5. The van der Waals surface area contributed by atoms with E-state index in [4.69, 9.17) is 26.3 Å². The zero-order chi connectivity index (χ0) is 22.9. The number of aromatic nitrogens is 6. The predicted octanol–water partition coefficient (Wildman–Crippen LogP) is 4.49. The average molecular weight is 490 g/mol.